The van der Waals surface area contributed by atoms with Crippen LogP contribution in [-0.2, 0) is 0 Å². The zero-order valence-electron chi connectivity index (χ0n) is 18.5. The molecule has 1 saturated carbocycles. The minimum atomic E-state index is -4.41. The summed E-state index contributed by atoms with van der Waals surface area (Å²) >= 11 is 1.45. The Morgan fingerprint density at radius 3 is 2.48 bits per heavy atom. The van der Waals surface area contributed by atoms with E-state index >= 15 is 0 Å². The van der Waals surface area contributed by atoms with E-state index in [1.54, 1.807) is 6.92 Å². The van der Waals surface area contributed by atoms with Crippen molar-refractivity contribution >= 4 is 33.3 Å². The van der Waals surface area contributed by atoms with Crippen LogP contribution in [0.2, 0.25) is 0 Å². The van der Waals surface area contributed by atoms with Gasteiger partial charge in [-0.2, -0.15) is 18.2 Å². The number of anilines is 2. The van der Waals surface area contributed by atoms with E-state index in [0.717, 1.165) is 21.3 Å². The number of benzene rings is 1. The lowest BCUT2D eigenvalue weighted by Gasteiger charge is -2.20. The van der Waals surface area contributed by atoms with Gasteiger partial charge in [0, 0.05) is 6.61 Å². The Balaban J connectivity index is 1.76. The van der Waals surface area contributed by atoms with Gasteiger partial charge in [0.05, 0.1) is 33.6 Å². The first-order chi connectivity index (χ1) is 15.5. The van der Waals surface area contributed by atoms with Crippen LogP contribution in [0.25, 0.3) is 20.8 Å². The fourth-order valence-electron chi connectivity index (χ4n) is 4.08. The lowest BCUT2D eigenvalue weighted by Crippen LogP contribution is -2.29. The van der Waals surface area contributed by atoms with Gasteiger partial charge in [-0.1, -0.05) is 0 Å². The van der Waals surface area contributed by atoms with Crippen LogP contribution in [0.4, 0.5) is 24.9 Å². The van der Waals surface area contributed by atoms with Gasteiger partial charge in [0.15, 0.2) is 0 Å². The number of fused-ring (bicyclic) bond motifs is 1. The molecule has 2 heterocycles. The third-order valence-corrected chi connectivity index (χ3v) is 7.00. The molecule has 178 valence electrons. The second kappa shape index (κ2) is 9.03. The molecule has 1 aromatic carbocycles. The summed E-state index contributed by atoms with van der Waals surface area (Å²) in [5.41, 5.74) is 4.13. The van der Waals surface area contributed by atoms with Crippen molar-refractivity contribution < 1.29 is 23.4 Å². The maximum atomic E-state index is 12.7. The second-order valence-corrected chi connectivity index (χ2v) is 9.62. The quantitative estimate of drug-likeness (QED) is 0.419. The minimum absolute atomic E-state index is 0.0418. The van der Waals surface area contributed by atoms with E-state index in [2.05, 4.69) is 26.7 Å². The summed E-state index contributed by atoms with van der Waals surface area (Å²) < 4.78 is 39.2. The topological polar surface area (TPSA) is 103 Å². The van der Waals surface area contributed by atoms with Crippen molar-refractivity contribution in [2.24, 2.45) is 5.92 Å². The molecule has 1 aliphatic rings. The number of hydrogen-bond acceptors (Lipinski definition) is 8. The van der Waals surface area contributed by atoms with Crippen LogP contribution >= 0.6 is 11.3 Å². The summed E-state index contributed by atoms with van der Waals surface area (Å²) in [5.74, 6) is 0.0949. The number of alkyl halides is 3. The first kappa shape index (κ1) is 23.7. The Morgan fingerprint density at radius 1 is 1.09 bits per heavy atom. The molecule has 4 rings (SSSR count). The normalized spacial score (nSPS) is 21.0. The van der Waals surface area contributed by atoms with Crippen LogP contribution in [0.15, 0.2) is 12.1 Å². The van der Waals surface area contributed by atoms with Crippen molar-refractivity contribution in [1.82, 2.24) is 15.0 Å². The van der Waals surface area contributed by atoms with Crippen molar-refractivity contribution in [1.29, 1.82) is 0 Å². The number of aliphatic hydroxyl groups is 2. The number of hydrogen-bond donors (Lipinski definition) is 4. The zero-order valence-corrected chi connectivity index (χ0v) is 19.3. The molecular weight excluding hydrogens is 455 g/mol. The predicted octanol–water partition coefficient (Wildman–Crippen LogP) is 4.20. The van der Waals surface area contributed by atoms with Gasteiger partial charge in [0.2, 0.25) is 5.95 Å². The molecule has 0 saturated heterocycles. The summed E-state index contributed by atoms with van der Waals surface area (Å²) in [4.78, 5) is 13.3. The maximum Gasteiger partial charge on any atom is 0.405 e. The fourth-order valence-corrected chi connectivity index (χ4v) is 5.22. The van der Waals surface area contributed by atoms with Gasteiger partial charge in [0.25, 0.3) is 0 Å². The Kier molecular flexibility index (Phi) is 6.47. The highest BCUT2D eigenvalue weighted by Crippen LogP contribution is 2.38. The van der Waals surface area contributed by atoms with Crippen molar-refractivity contribution in [3.8, 4) is 10.6 Å². The summed E-state index contributed by atoms with van der Waals surface area (Å²) in [6.45, 7) is 4.43. The maximum absolute atomic E-state index is 12.7. The van der Waals surface area contributed by atoms with E-state index in [0.29, 0.717) is 34.9 Å². The third-order valence-electron chi connectivity index (χ3n) is 5.96. The number of thiazole rings is 1. The van der Waals surface area contributed by atoms with Crippen LogP contribution in [0.5, 0.6) is 0 Å². The van der Waals surface area contributed by atoms with E-state index in [9.17, 15) is 23.4 Å². The number of halogens is 3. The highest BCUT2D eigenvalue weighted by atomic mass is 32.1. The number of rotatable bonds is 6. The van der Waals surface area contributed by atoms with Crippen LogP contribution in [0.1, 0.15) is 29.7 Å². The van der Waals surface area contributed by atoms with E-state index < -0.39 is 24.9 Å². The Bertz CT molecular complexity index is 1130. The molecule has 33 heavy (non-hydrogen) atoms. The highest BCUT2D eigenvalue weighted by molar-refractivity contribution is 7.21. The SMILES string of the molecule is Cc1cc2nc(-c3c(C)nc(NCC(F)(F)F)nc3N[C@@H]3C[C@H](CO)C[C@H]3O)sc2cc1C. The van der Waals surface area contributed by atoms with Gasteiger partial charge >= 0.3 is 6.18 Å². The van der Waals surface area contributed by atoms with Crippen LogP contribution in [0, 0.1) is 26.7 Å². The van der Waals surface area contributed by atoms with Crippen molar-refractivity contribution in [3.63, 3.8) is 0 Å². The molecule has 3 atom stereocenters. The molecule has 3 aromatic rings. The molecule has 4 N–H and O–H groups in total. The molecule has 0 spiro atoms. The highest BCUT2D eigenvalue weighted by Gasteiger charge is 2.34. The zero-order chi connectivity index (χ0) is 23.9. The molecule has 1 fully saturated rings. The Labute approximate surface area is 193 Å². The largest absolute Gasteiger partial charge is 0.405 e. The first-order valence-electron chi connectivity index (χ1n) is 10.7. The molecule has 0 radical (unpaired) electrons. The van der Waals surface area contributed by atoms with Gasteiger partial charge in [-0.25, -0.2) is 9.97 Å². The molecule has 7 nitrogen and oxygen atoms in total. The molecule has 11 heteroatoms. The predicted molar refractivity (Wildman–Crippen MR) is 123 cm³/mol. The van der Waals surface area contributed by atoms with Gasteiger partial charge in [-0.05, 0) is 62.8 Å². The molecule has 1 aliphatic carbocycles. The van der Waals surface area contributed by atoms with Gasteiger partial charge < -0.3 is 20.8 Å². The summed E-state index contributed by atoms with van der Waals surface area (Å²) in [6.07, 6.45) is -4.17. The molecule has 2 aromatic heterocycles. The van der Waals surface area contributed by atoms with Crippen molar-refractivity contribution in [2.75, 3.05) is 23.8 Å². The molecule has 0 bridgehead atoms. The second-order valence-electron chi connectivity index (χ2n) is 8.59. The minimum Gasteiger partial charge on any atom is -0.396 e. The summed E-state index contributed by atoms with van der Waals surface area (Å²) in [6, 6.07) is 3.66. The van der Waals surface area contributed by atoms with Gasteiger partial charge in [0.1, 0.15) is 17.4 Å². The molecule has 0 unspecified atom stereocenters. The van der Waals surface area contributed by atoms with Crippen molar-refractivity contribution in [2.45, 2.75) is 51.9 Å². The number of nitrogens with one attached hydrogen (secondary N) is 2. The lowest BCUT2D eigenvalue weighted by molar-refractivity contribution is -0.115. The van der Waals surface area contributed by atoms with E-state index in [1.807, 2.05) is 19.9 Å². The summed E-state index contributed by atoms with van der Waals surface area (Å²) in [7, 11) is 0. The standard InChI is InChI=1S/C22H26F3N5O2S/c1-10-4-15-17(5-11(10)2)33-20(29-15)18-12(3)27-21(26-9-22(23,24)25)30-19(18)28-14-6-13(8-31)7-16(14)32/h4-5,13-14,16,31-32H,6-9H2,1-3H3,(H2,26,27,28,30)/t13-,14+,16+/m0/s1. The average molecular weight is 482 g/mol. The summed E-state index contributed by atoms with van der Waals surface area (Å²) in [5, 5.41) is 26.0. The van der Waals surface area contributed by atoms with E-state index in [1.165, 1.54) is 11.3 Å². The average Bonchev–Trinajstić information content (AvgIpc) is 3.28. The van der Waals surface area contributed by atoms with Crippen LogP contribution < -0.4 is 10.6 Å². The van der Waals surface area contributed by atoms with Gasteiger partial charge in [-0.3, -0.25) is 0 Å². The van der Waals surface area contributed by atoms with E-state index in [4.69, 9.17) is 4.98 Å². The van der Waals surface area contributed by atoms with Gasteiger partial charge in [-0.15, -0.1) is 11.3 Å². The first-order valence-corrected chi connectivity index (χ1v) is 11.5. The third kappa shape index (κ3) is 5.20. The van der Waals surface area contributed by atoms with Crippen molar-refractivity contribution in [3.05, 3.63) is 29.0 Å². The number of aromatic nitrogens is 3. The lowest BCUT2D eigenvalue weighted by atomic mass is 10.1. The number of nitrogens with zero attached hydrogens (tertiary/aromatic N) is 3. The smallest absolute Gasteiger partial charge is 0.396 e. The monoisotopic (exact) mass is 481 g/mol. The molecular formula is C22H26F3N5O2S. The fraction of sp³-hybridized carbons (Fsp3) is 0.500. The number of aryl methyl sites for hydroxylation is 3. The number of aliphatic hydroxyl groups excluding tert-OH is 2. The molecule has 0 aliphatic heterocycles. The van der Waals surface area contributed by atoms with E-state index in [-0.39, 0.29) is 18.5 Å². The Hall–Kier alpha value is -2.50. The van der Waals surface area contributed by atoms with Crippen LogP contribution in [-0.4, -0.2) is 56.6 Å². The van der Waals surface area contributed by atoms with Crippen LogP contribution in [0.3, 0.4) is 0 Å². The molecule has 0 amide bonds. The Morgan fingerprint density at radius 2 is 1.82 bits per heavy atom.